The van der Waals surface area contributed by atoms with E-state index in [1.54, 1.807) is 13.0 Å². The fraction of sp³-hybridized carbons (Fsp3) is 0.353. The van der Waals surface area contributed by atoms with Gasteiger partial charge in [-0.2, -0.15) is 0 Å². The van der Waals surface area contributed by atoms with Crippen molar-refractivity contribution in [3.63, 3.8) is 0 Å². The van der Waals surface area contributed by atoms with E-state index in [4.69, 9.17) is 4.74 Å². The molecule has 108 valence electrons. The Kier molecular flexibility index (Phi) is 6.21. The Bertz CT molecular complexity index is 505. The predicted molar refractivity (Wildman–Crippen MR) is 87.8 cm³/mol. The molecule has 20 heavy (non-hydrogen) atoms. The largest absolute Gasteiger partial charge is 0.463 e. The molecule has 2 nitrogen and oxygen atoms in total. The average molecular weight is 337 g/mol. The van der Waals surface area contributed by atoms with E-state index in [1.165, 1.54) is 11.6 Å². The number of hydrogen-bond donors (Lipinski definition) is 0. The number of carbonyl (C=O) groups is 1. The molecule has 1 aromatic carbocycles. The fourth-order valence-corrected chi connectivity index (χ4v) is 2.04. The molecule has 0 aliphatic heterocycles. The molecule has 1 aromatic rings. The van der Waals surface area contributed by atoms with Gasteiger partial charge in [0.15, 0.2) is 0 Å². The second-order valence-electron chi connectivity index (χ2n) is 5.45. The van der Waals surface area contributed by atoms with Gasteiger partial charge in [0, 0.05) is 10.6 Å². The van der Waals surface area contributed by atoms with Gasteiger partial charge in [-0.3, -0.25) is 0 Å². The molecular weight excluding hydrogens is 316 g/mol. The number of ether oxygens (including phenoxy) is 1. The van der Waals surface area contributed by atoms with E-state index in [2.05, 4.69) is 61.0 Å². The van der Waals surface area contributed by atoms with Crippen LogP contribution in [0.3, 0.4) is 0 Å². The monoisotopic (exact) mass is 336 g/mol. The van der Waals surface area contributed by atoms with Crippen LogP contribution in [0.25, 0.3) is 4.48 Å². The zero-order valence-corrected chi connectivity index (χ0v) is 14.0. The number of benzene rings is 1. The first-order valence-corrected chi connectivity index (χ1v) is 7.45. The molecule has 0 unspecified atom stereocenters. The minimum absolute atomic E-state index is 0.151. The van der Waals surface area contributed by atoms with E-state index in [9.17, 15) is 4.79 Å². The summed E-state index contributed by atoms with van der Waals surface area (Å²) in [7, 11) is 0. The van der Waals surface area contributed by atoms with Gasteiger partial charge in [0.05, 0.1) is 6.61 Å². The van der Waals surface area contributed by atoms with Crippen LogP contribution in [-0.4, -0.2) is 12.6 Å². The summed E-state index contributed by atoms with van der Waals surface area (Å²) in [6.07, 6.45) is 4.93. The first kappa shape index (κ1) is 16.7. The summed E-state index contributed by atoms with van der Waals surface area (Å²) in [6.45, 7) is 8.75. The van der Waals surface area contributed by atoms with Crippen molar-refractivity contribution in [1.29, 1.82) is 0 Å². The second-order valence-corrected chi connectivity index (χ2v) is 6.31. The van der Waals surface area contributed by atoms with Crippen molar-refractivity contribution in [3.8, 4) is 0 Å². The summed E-state index contributed by atoms with van der Waals surface area (Å²) < 4.78 is 5.74. The van der Waals surface area contributed by atoms with Crippen LogP contribution in [0.5, 0.6) is 0 Å². The maximum absolute atomic E-state index is 11.2. The quantitative estimate of drug-likeness (QED) is 0.446. The van der Waals surface area contributed by atoms with E-state index < -0.39 is 0 Å². The topological polar surface area (TPSA) is 26.3 Å². The highest BCUT2D eigenvalue weighted by Crippen LogP contribution is 2.26. The summed E-state index contributed by atoms with van der Waals surface area (Å²) in [5.74, 6) is -0.327. The lowest BCUT2D eigenvalue weighted by atomic mass is 9.87. The highest BCUT2D eigenvalue weighted by atomic mass is 79.9. The third-order valence-electron chi connectivity index (χ3n) is 2.79. The van der Waals surface area contributed by atoms with Crippen LogP contribution in [0.1, 0.15) is 38.8 Å². The number of hydrogen-bond acceptors (Lipinski definition) is 2. The standard InChI is InChI=1S/C17H21BrO2/c1-5-20-16(19)8-6-7-15(18)13-9-11-14(12-10-13)17(2,3)4/h6-12H,5H2,1-4H3/b8-6+,15-7-. The van der Waals surface area contributed by atoms with Crippen molar-refractivity contribution in [3.05, 3.63) is 53.6 Å². The number of esters is 1. The van der Waals surface area contributed by atoms with Crippen LogP contribution in [0, 0.1) is 0 Å². The highest BCUT2D eigenvalue weighted by Gasteiger charge is 2.12. The molecule has 0 radical (unpaired) electrons. The van der Waals surface area contributed by atoms with E-state index in [0.717, 1.165) is 10.0 Å². The Balaban J connectivity index is 2.77. The van der Waals surface area contributed by atoms with Gasteiger partial charge in [-0.25, -0.2) is 4.79 Å². The molecule has 0 aromatic heterocycles. The lowest BCUT2D eigenvalue weighted by molar-refractivity contribution is -0.137. The summed E-state index contributed by atoms with van der Waals surface area (Å²) in [4.78, 5) is 11.2. The Morgan fingerprint density at radius 1 is 1.25 bits per heavy atom. The Labute approximate surface area is 129 Å². The normalized spacial score (nSPS) is 12.8. The maximum Gasteiger partial charge on any atom is 0.330 e. The van der Waals surface area contributed by atoms with Gasteiger partial charge in [0.25, 0.3) is 0 Å². The summed E-state index contributed by atoms with van der Waals surface area (Å²) in [5.41, 5.74) is 2.52. The Morgan fingerprint density at radius 3 is 2.35 bits per heavy atom. The molecule has 3 heteroatoms. The SMILES string of the molecule is CCOC(=O)/C=C/C=C(\Br)c1ccc(C(C)(C)C)cc1. The predicted octanol–water partition coefficient (Wildman–Crippen LogP) is 4.84. The van der Waals surface area contributed by atoms with Crippen LogP contribution in [0.2, 0.25) is 0 Å². The molecule has 1 rings (SSSR count). The van der Waals surface area contributed by atoms with Gasteiger partial charge in [0.1, 0.15) is 0 Å². The van der Waals surface area contributed by atoms with Crippen molar-refractivity contribution >= 4 is 26.4 Å². The molecule has 0 heterocycles. The molecule has 0 aliphatic carbocycles. The van der Waals surface area contributed by atoms with Crippen LogP contribution in [0.4, 0.5) is 0 Å². The molecule has 0 saturated heterocycles. The van der Waals surface area contributed by atoms with Crippen LogP contribution in [0.15, 0.2) is 42.5 Å². The Hall–Kier alpha value is -1.35. The number of halogens is 1. The van der Waals surface area contributed by atoms with Gasteiger partial charge < -0.3 is 4.74 Å². The zero-order chi connectivity index (χ0) is 15.2. The number of rotatable bonds is 4. The third kappa shape index (κ3) is 5.33. The average Bonchev–Trinajstić information content (AvgIpc) is 2.38. The highest BCUT2D eigenvalue weighted by molar-refractivity contribution is 9.15. The lowest BCUT2D eigenvalue weighted by Gasteiger charge is -2.19. The molecule has 0 aliphatic rings. The maximum atomic E-state index is 11.2. The van der Waals surface area contributed by atoms with Crippen molar-refractivity contribution in [2.24, 2.45) is 0 Å². The van der Waals surface area contributed by atoms with Gasteiger partial charge >= 0.3 is 5.97 Å². The minimum atomic E-state index is -0.327. The van der Waals surface area contributed by atoms with Crippen LogP contribution < -0.4 is 0 Å². The summed E-state index contributed by atoms with van der Waals surface area (Å²) in [5, 5.41) is 0. The zero-order valence-electron chi connectivity index (χ0n) is 12.4. The van der Waals surface area contributed by atoms with Gasteiger partial charge in [-0.15, -0.1) is 0 Å². The molecule has 0 saturated carbocycles. The van der Waals surface area contributed by atoms with Gasteiger partial charge in [-0.05, 0) is 29.5 Å². The first-order valence-electron chi connectivity index (χ1n) is 6.66. The molecule has 0 amide bonds. The fourth-order valence-electron chi connectivity index (χ4n) is 1.63. The van der Waals surface area contributed by atoms with Gasteiger partial charge in [-0.1, -0.05) is 67.0 Å². The minimum Gasteiger partial charge on any atom is -0.463 e. The summed E-state index contributed by atoms with van der Waals surface area (Å²) in [6, 6.07) is 8.39. The smallest absolute Gasteiger partial charge is 0.330 e. The van der Waals surface area contributed by atoms with Crippen LogP contribution >= 0.6 is 15.9 Å². The van der Waals surface area contributed by atoms with E-state index in [-0.39, 0.29) is 11.4 Å². The second kappa shape index (κ2) is 7.44. The number of allylic oxidation sites excluding steroid dienone is 2. The Morgan fingerprint density at radius 2 is 1.85 bits per heavy atom. The summed E-state index contributed by atoms with van der Waals surface area (Å²) >= 11 is 3.51. The lowest BCUT2D eigenvalue weighted by Crippen LogP contribution is -2.10. The first-order chi connectivity index (χ1) is 9.34. The molecule has 0 N–H and O–H groups in total. The molecule has 0 atom stereocenters. The third-order valence-corrected chi connectivity index (χ3v) is 3.51. The van der Waals surface area contributed by atoms with E-state index >= 15 is 0 Å². The molecule has 0 fully saturated rings. The molecule has 0 spiro atoms. The van der Waals surface area contributed by atoms with Crippen molar-refractivity contribution < 1.29 is 9.53 Å². The van der Waals surface area contributed by atoms with E-state index in [0.29, 0.717) is 6.61 Å². The molecular formula is C17H21BrO2. The number of carbonyl (C=O) groups excluding carboxylic acids is 1. The van der Waals surface area contributed by atoms with Crippen molar-refractivity contribution in [2.75, 3.05) is 6.61 Å². The van der Waals surface area contributed by atoms with E-state index in [1.807, 2.05) is 6.08 Å². The van der Waals surface area contributed by atoms with Crippen molar-refractivity contribution in [2.45, 2.75) is 33.1 Å². The molecule has 0 bridgehead atoms. The van der Waals surface area contributed by atoms with Crippen LogP contribution in [-0.2, 0) is 14.9 Å². The van der Waals surface area contributed by atoms with Crippen molar-refractivity contribution in [1.82, 2.24) is 0 Å². The van der Waals surface area contributed by atoms with Gasteiger partial charge in [0.2, 0.25) is 0 Å².